The molecule has 0 saturated carbocycles. The lowest BCUT2D eigenvalue weighted by Crippen LogP contribution is -1.94. The van der Waals surface area contributed by atoms with Crippen LogP contribution in [-0.4, -0.2) is 4.57 Å². The summed E-state index contributed by atoms with van der Waals surface area (Å²) in [7, 11) is 0. The van der Waals surface area contributed by atoms with E-state index < -0.39 is 0 Å². The molecule has 0 spiro atoms. The molecule has 10 aromatic rings. The van der Waals surface area contributed by atoms with E-state index >= 15 is 0 Å². The zero-order valence-electron chi connectivity index (χ0n) is 22.6. The highest BCUT2D eigenvalue weighted by Crippen LogP contribution is 2.41. The van der Waals surface area contributed by atoms with Crippen molar-refractivity contribution in [1.82, 2.24) is 4.57 Å². The molecule has 0 radical (unpaired) electrons. The van der Waals surface area contributed by atoms with Crippen molar-refractivity contribution >= 4 is 76.1 Å². The molecule has 0 aliphatic rings. The van der Waals surface area contributed by atoms with E-state index in [-0.39, 0.29) is 0 Å². The molecule has 0 fully saturated rings. The van der Waals surface area contributed by atoms with Crippen LogP contribution in [0.1, 0.15) is 0 Å². The molecule has 2 aromatic heterocycles. The second kappa shape index (κ2) is 7.99. The Morgan fingerprint density at radius 2 is 1.14 bits per heavy atom. The van der Waals surface area contributed by atoms with Gasteiger partial charge in [-0.15, -0.1) is 0 Å². The van der Waals surface area contributed by atoms with Crippen LogP contribution >= 0.6 is 0 Å². The lowest BCUT2D eigenvalue weighted by Gasteiger charge is -2.15. The number of para-hydroxylation sites is 2. The average molecular weight is 534 g/mol. The minimum atomic E-state index is 0.923. The zero-order valence-corrected chi connectivity index (χ0v) is 22.6. The monoisotopic (exact) mass is 533 g/mol. The van der Waals surface area contributed by atoms with Gasteiger partial charge < -0.3 is 8.98 Å². The first-order chi connectivity index (χ1) is 20.8. The minimum Gasteiger partial charge on any atom is -0.456 e. The Labute approximate surface area is 241 Å². The highest BCUT2D eigenvalue weighted by molar-refractivity contribution is 6.25. The van der Waals surface area contributed by atoms with Gasteiger partial charge in [0.15, 0.2) is 0 Å². The Kier molecular flexibility index (Phi) is 4.21. The van der Waals surface area contributed by atoms with Crippen LogP contribution in [0.4, 0.5) is 0 Å². The van der Waals surface area contributed by atoms with Crippen LogP contribution in [0.5, 0.6) is 0 Å². The van der Waals surface area contributed by atoms with Gasteiger partial charge in [0, 0.05) is 27.2 Å². The molecule has 8 aromatic carbocycles. The molecule has 2 heterocycles. The first-order valence-electron chi connectivity index (χ1n) is 14.4. The van der Waals surface area contributed by atoms with Gasteiger partial charge in [-0.3, -0.25) is 0 Å². The van der Waals surface area contributed by atoms with Crippen LogP contribution < -0.4 is 0 Å². The Morgan fingerprint density at radius 3 is 2.05 bits per heavy atom. The van der Waals surface area contributed by atoms with E-state index in [1.54, 1.807) is 0 Å². The first kappa shape index (κ1) is 22.1. The van der Waals surface area contributed by atoms with Crippen molar-refractivity contribution in [2.45, 2.75) is 0 Å². The van der Waals surface area contributed by atoms with Gasteiger partial charge in [-0.1, -0.05) is 103 Å². The third-order valence-electron chi connectivity index (χ3n) is 9.12. The highest BCUT2D eigenvalue weighted by Gasteiger charge is 2.17. The summed E-state index contributed by atoms with van der Waals surface area (Å²) in [6.07, 6.45) is 0. The Hall–Kier alpha value is -5.60. The quantitative estimate of drug-likeness (QED) is 0.202. The van der Waals surface area contributed by atoms with Gasteiger partial charge in [-0.25, -0.2) is 0 Å². The van der Waals surface area contributed by atoms with Crippen LogP contribution in [0.25, 0.3) is 92.9 Å². The molecule has 2 heteroatoms. The molecule has 0 atom stereocenters. The van der Waals surface area contributed by atoms with Gasteiger partial charge in [-0.2, -0.15) is 0 Å². The summed E-state index contributed by atoms with van der Waals surface area (Å²) in [5.41, 5.74) is 7.84. The fourth-order valence-electron chi connectivity index (χ4n) is 7.26. The normalized spacial score (nSPS) is 12.3. The molecule has 2 nitrogen and oxygen atoms in total. The molecular formula is C40H23NO. The van der Waals surface area contributed by atoms with Crippen molar-refractivity contribution in [3.63, 3.8) is 0 Å². The van der Waals surface area contributed by atoms with Gasteiger partial charge in [0.1, 0.15) is 11.2 Å². The van der Waals surface area contributed by atoms with Crippen LogP contribution in [0.2, 0.25) is 0 Å². The van der Waals surface area contributed by atoms with Gasteiger partial charge in [-0.05, 0) is 79.8 Å². The molecule has 0 aliphatic heterocycles. The summed E-state index contributed by atoms with van der Waals surface area (Å²) >= 11 is 0. The Morgan fingerprint density at radius 1 is 0.405 bits per heavy atom. The number of fused-ring (bicyclic) bond motifs is 6. The number of nitrogens with zero attached hydrogens (tertiary/aromatic N) is 1. The molecule has 0 N–H and O–H groups in total. The smallest absolute Gasteiger partial charge is 0.136 e. The molecule has 0 aliphatic carbocycles. The number of hydrogen-bond acceptors (Lipinski definition) is 1. The molecule has 194 valence electrons. The fraction of sp³-hybridized carbons (Fsp3) is 0. The average Bonchev–Trinajstić information content (AvgIpc) is 3.57. The summed E-state index contributed by atoms with van der Waals surface area (Å²) in [4.78, 5) is 0. The van der Waals surface area contributed by atoms with E-state index in [4.69, 9.17) is 4.42 Å². The van der Waals surface area contributed by atoms with Crippen LogP contribution in [0, 0.1) is 0 Å². The number of rotatable bonds is 2. The van der Waals surface area contributed by atoms with Crippen molar-refractivity contribution in [2.75, 3.05) is 0 Å². The third-order valence-corrected chi connectivity index (χ3v) is 9.12. The van der Waals surface area contributed by atoms with Crippen LogP contribution in [0.3, 0.4) is 0 Å². The van der Waals surface area contributed by atoms with Crippen LogP contribution in [0.15, 0.2) is 144 Å². The van der Waals surface area contributed by atoms with Crippen molar-refractivity contribution in [1.29, 1.82) is 0 Å². The summed E-state index contributed by atoms with van der Waals surface area (Å²) in [5.74, 6) is 0. The largest absolute Gasteiger partial charge is 0.456 e. The van der Waals surface area contributed by atoms with E-state index in [1.807, 2.05) is 12.1 Å². The molecule has 0 amide bonds. The lowest BCUT2D eigenvalue weighted by molar-refractivity contribution is 0.669. The standard InChI is InChI=1S/C40H23NO/c1-3-13-35-30(11-1)33-23-38-34(31-12-2-4-14-37(31)42-38)22-36(33)41(35)28-10-6-9-27(21-28)29-19-17-26-16-15-24-7-5-8-25-18-20-32(29)40(26)39(24)25/h1-23H. The summed E-state index contributed by atoms with van der Waals surface area (Å²) in [6, 6.07) is 50.7. The maximum absolute atomic E-state index is 6.28. The SMILES string of the molecule is c1cc(-c2ccc3ccc4cccc5ccc2c3c45)cc(-n2c3ccccc3c3cc4oc5ccccc5c4cc32)c1. The first-order valence-corrected chi connectivity index (χ1v) is 14.4. The van der Waals surface area contributed by atoms with Gasteiger partial charge in [0.2, 0.25) is 0 Å². The number of furan rings is 1. The van der Waals surface area contributed by atoms with Gasteiger partial charge in [0.25, 0.3) is 0 Å². The molecule has 0 bridgehead atoms. The van der Waals surface area contributed by atoms with Gasteiger partial charge >= 0.3 is 0 Å². The fourth-order valence-corrected chi connectivity index (χ4v) is 7.26. The highest BCUT2D eigenvalue weighted by atomic mass is 16.3. The predicted molar refractivity (Wildman–Crippen MR) is 177 cm³/mol. The molecule has 10 rings (SSSR count). The second-order valence-corrected chi connectivity index (χ2v) is 11.3. The zero-order chi connectivity index (χ0) is 27.4. The van der Waals surface area contributed by atoms with E-state index in [0.717, 1.165) is 27.6 Å². The van der Waals surface area contributed by atoms with E-state index in [9.17, 15) is 0 Å². The van der Waals surface area contributed by atoms with E-state index in [0.29, 0.717) is 0 Å². The van der Waals surface area contributed by atoms with E-state index in [1.165, 1.54) is 65.3 Å². The topological polar surface area (TPSA) is 18.1 Å². The number of benzene rings is 8. The van der Waals surface area contributed by atoms with Crippen LogP contribution in [-0.2, 0) is 0 Å². The van der Waals surface area contributed by atoms with Crippen molar-refractivity contribution < 1.29 is 4.42 Å². The summed E-state index contributed by atoms with van der Waals surface area (Å²) < 4.78 is 8.69. The summed E-state index contributed by atoms with van der Waals surface area (Å²) in [5, 5.41) is 12.6. The maximum atomic E-state index is 6.28. The van der Waals surface area contributed by atoms with Crippen molar-refractivity contribution in [3.8, 4) is 16.8 Å². The van der Waals surface area contributed by atoms with Crippen molar-refractivity contribution in [3.05, 3.63) is 140 Å². The Bertz CT molecular complexity index is 2670. The third kappa shape index (κ3) is 2.88. The predicted octanol–water partition coefficient (Wildman–Crippen LogP) is 11.2. The molecule has 0 saturated heterocycles. The minimum absolute atomic E-state index is 0.923. The number of hydrogen-bond donors (Lipinski definition) is 0. The number of aromatic nitrogens is 1. The van der Waals surface area contributed by atoms with Gasteiger partial charge in [0.05, 0.1) is 11.0 Å². The summed E-state index contributed by atoms with van der Waals surface area (Å²) in [6.45, 7) is 0. The maximum Gasteiger partial charge on any atom is 0.136 e. The second-order valence-electron chi connectivity index (χ2n) is 11.3. The van der Waals surface area contributed by atoms with E-state index in [2.05, 4.69) is 132 Å². The van der Waals surface area contributed by atoms with Crippen molar-refractivity contribution in [2.24, 2.45) is 0 Å². The molecule has 42 heavy (non-hydrogen) atoms. The molecule has 0 unspecified atom stereocenters. The Balaban J connectivity index is 1.26. The lowest BCUT2D eigenvalue weighted by atomic mass is 9.90. The molecular weight excluding hydrogens is 510 g/mol.